The van der Waals surface area contributed by atoms with Crippen molar-refractivity contribution in [2.24, 2.45) is 0 Å². The zero-order valence-corrected chi connectivity index (χ0v) is 10.9. The van der Waals surface area contributed by atoms with Crippen molar-refractivity contribution in [2.45, 2.75) is 6.18 Å². The van der Waals surface area contributed by atoms with E-state index in [9.17, 15) is 22.4 Å². The second-order valence-electron chi connectivity index (χ2n) is 4.61. The van der Waals surface area contributed by atoms with Gasteiger partial charge in [-0.15, -0.1) is 0 Å². The quantitative estimate of drug-likeness (QED) is 0.530. The molecule has 0 fully saturated rings. The van der Waals surface area contributed by atoms with Crippen LogP contribution in [0.4, 0.5) is 17.6 Å². The molecule has 22 heavy (non-hydrogen) atoms. The predicted molar refractivity (Wildman–Crippen MR) is 71.0 cm³/mol. The fourth-order valence-corrected chi connectivity index (χ4v) is 2.16. The van der Waals surface area contributed by atoms with Crippen molar-refractivity contribution in [3.05, 3.63) is 59.7 Å². The first-order valence-corrected chi connectivity index (χ1v) is 6.20. The molecule has 0 aliphatic rings. The minimum Gasteiger partial charge on any atom is -0.296 e. The Kier molecular flexibility index (Phi) is 3.20. The molecule has 0 N–H and O–H groups in total. The first-order chi connectivity index (χ1) is 10.4. The zero-order chi connectivity index (χ0) is 15.9. The Morgan fingerprint density at radius 2 is 1.73 bits per heavy atom. The third-order valence-electron chi connectivity index (χ3n) is 3.21. The van der Waals surface area contributed by atoms with Gasteiger partial charge in [0.1, 0.15) is 22.9 Å². The molecule has 3 aromatic rings. The van der Waals surface area contributed by atoms with Crippen molar-refractivity contribution < 1.29 is 22.4 Å². The number of aromatic nitrogens is 2. The molecule has 2 aromatic heterocycles. The molecule has 1 aromatic carbocycles. The second kappa shape index (κ2) is 4.94. The Morgan fingerprint density at radius 3 is 2.32 bits per heavy atom. The van der Waals surface area contributed by atoms with E-state index in [1.165, 1.54) is 30.3 Å². The molecule has 0 bridgehead atoms. The van der Waals surface area contributed by atoms with Crippen LogP contribution < -0.4 is 0 Å². The molecule has 0 atom stereocenters. The summed E-state index contributed by atoms with van der Waals surface area (Å²) in [7, 11) is 0. The Morgan fingerprint density at radius 1 is 1.05 bits per heavy atom. The molecule has 0 unspecified atom stereocenters. The Balaban J connectivity index is 2.24. The maximum Gasteiger partial charge on any atom is 0.417 e. The molecular weight excluding hydrogens is 300 g/mol. The van der Waals surface area contributed by atoms with Crippen LogP contribution in [0, 0.1) is 5.82 Å². The van der Waals surface area contributed by atoms with Gasteiger partial charge in [-0.2, -0.15) is 13.2 Å². The molecular formula is C15H8F4N2O. The van der Waals surface area contributed by atoms with Gasteiger partial charge < -0.3 is 0 Å². The largest absolute Gasteiger partial charge is 0.417 e. The highest BCUT2D eigenvalue weighted by Gasteiger charge is 2.31. The van der Waals surface area contributed by atoms with Crippen LogP contribution in [-0.4, -0.2) is 15.7 Å². The van der Waals surface area contributed by atoms with E-state index in [-0.39, 0.29) is 17.0 Å². The van der Waals surface area contributed by atoms with E-state index in [1.807, 2.05) is 0 Å². The fraction of sp³-hybridized carbons (Fsp3) is 0.0667. The van der Waals surface area contributed by atoms with Crippen LogP contribution in [0.2, 0.25) is 0 Å². The van der Waals surface area contributed by atoms with Crippen LogP contribution in [0.15, 0.2) is 42.6 Å². The lowest BCUT2D eigenvalue weighted by Crippen LogP contribution is -2.06. The van der Waals surface area contributed by atoms with Crippen LogP contribution in [0.25, 0.3) is 16.9 Å². The molecule has 7 heteroatoms. The Bertz CT molecular complexity index is 850. The van der Waals surface area contributed by atoms with Crippen LogP contribution in [0.3, 0.4) is 0 Å². The fourth-order valence-electron chi connectivity index (χ4n) is 2.16. The summed E-state index contributed by atoms with van der Waals surface area (Å²) < 4.78 is 52.3. The van der Waals surface area contributed by atoms with Crippen LogP contribution in [0.5, 0.6) is 0 Å². The van der Waals surface area contributed by atoms with Gasteiger partial charge in [0.25, 0.3) is 0 Å². The van der Waals surface area contributed by atoms with Gasteiger partial charge in [0.15, 0.2) is 6.29 Å². The number of aldehydes is 1. The summed E-state index contributed by atoms with van der Waals surface area (Å²) in [5.74, 6) is -0.459. The predicted octanol–water partition coefficient (Wildman–Crippen LogP) is 3.97. The van der Waals surface area contributed by atoms with E-state index in [0.29, 0.717) is 11.8 Å². The highest BCUT2D eigenvalue weighted by molar-refractivity contribution is 5.86. The Hall–Kier alpha value is -2.70. The monoisotopic (exact) mass is 308 g/mol. The van der Waals surface area contributed by atoms with Crippen LogP contribution >= 0.6 is 0 Å². The molecule has 0 amide bonds. The Labute approximate surface area is 121 Å². The van der Waals surface area contributed by atoms with Crippen molar-refractivity contribution in [1.29, 1.82) is 0 Å². The number of carbonyl (C=O) groups is 1. The molecule has 0 spiro atoms. The van der Waals surface area contributed by atoms with Crippen LogP contribution in [-0.2, 0) is 6.18 Å². The lowest BCUT2D eigenvalue weighted by molar-refractivity contribution is -0.137. The summed E-state index contributed by atoms with van der Waals surface area (Å²) in [5.41, 5.74) is -0.0524. The van der Waals surface area contributed by atoms with Crippen molar-refractivity contribution in [2.75, 3.05) is 0 Å². The van der Waals surface area contributed by atoms with E-state index in [2.05, 4.69) is 4.98 Å². The number of hydrogen-bond acceptors (Lipinski definition) is 2. The van der Waals surface area contributed by atoms with Crippen molar-refractivity contribution in [3.63, 3.8) is 0 Å². The number of carbonyl (C=O) groups excluding carboxylic acids is 1. The molecule has 112 valence electrons. The van der Waals surface area contributed by atoms with Gasteiger partial charge in [0.05, 0.1) is 5.56 Å². The number of pyridine rings is 1. The normalized spacial score (nSPS) is 11.8. The number of imidazole rings is 1. The maximum atomic E-state index is 13.0. The summed E-state index contributed by atoms with van der Waals surface area (Å²) in [6.45, 7) is 0. The second-order valence-corrected chi connectivity index (χ2v) is 4.61. The highest BCUT2D eigenvalue weighted by Crippen LogP contribution is 2.31. The lowest BCUT2D eigenvalue weighted by Gasteiger charge is -2.06. The number of benzene rings is 1. The summed E-state index contributed by atoms with van der Waals surface area (Å²) >= 11 is 0. The molecule has 2 heterocycles. The number of alkyl halides is 3. The lowest BCUT2D eigenvalue weighted by atomic mass is 10.1. The molecule has 0 radical (unpaired) electrons. The molecule has 0 aliphatic heterocycles. The maximum absolute atomic E-state index is 13.0. The van der Waals surface area contributed by atoms with Crippen molar-refractivity contribution in [3.8, 4) is 11.3 Å². The molecule has 0 aliphatic carbocycles. The molecule has 3 rings (SSSR count). The summed E-state index contributed by atoms with van der Waals surface area (Å²) in [6.07, 6.45) is -3.27. The first-order valence-electron chi connectivity index (χ1n) is 6.20. The average molecular weight is 308 g/mol. The average Bonchev–Trinajstić information content (AvgIpc) is 2.84. The number of halogens is 4. The number of rotatable bonds is 2. The van der Waals surface area contributed by atoms with Gasteiger partial charge in [-0.05, 0) is 36.4 Å². The van der Waals surface area contributed by atoms with Gasteiger partial charge in [-0.1, -0.05) is 0 Å². The van der Waals surface area contributed by atoms with Gasteiger partial charge in [0.2, 0.25) is 0 Å². The number of fused-ring (bicyclic) bond motifs is 1. The number of hydrogen-bond donors (Lipinski definition) is 0. The van der Waals surface area contributed by atoms with E-state index < -0.39 is 17.6 Å². The van der Waals surface area contributed by atoms with Gasteiger partial charge >= 0.3 is 6.18 Å². The third-order valence-corrected chi connectivity index (χ3v) is 3.21. The highest BCUT2D eigenvalue weighted by atomic mass is 19.4. The minimum absolute atomic E-state index is 0.0206. The summed E-state index contributed by atoms with van der Waals surface area (Å²) in [5, 5.41) is 0. The standard InChI is InChI=1S/C15H8F4N2O/c16-11-4-1-9(2-5-11)14-12(8-22)21-7-10(15(17,18)19)3-6-13(21)20-14/h1-8H. The first kappa shape index (κ1) is 14.2. The minimum atomic E-state index is -4.52. The van der Waals surface area contributed by atoms with E-state index in [0.717, 1.165) is 16.7 Å². The zero-order valence-electron chi connectivity index (χ0n) is 10.9. The van der Waals surface area contributed by atoms with E-state index in [1.54, 1.807) is 0 Å². The molecule has 0 saturated heterocycles. The van der Waals surface area contributed by atoms with Crippen LogP contribution in [0.1, 0.15) is 16.1 Å². The van der Waals surface area contributed by atoms with Gasteiger partial charge in [-0.3, -0.25) is 9.20 Å². The van der Waals surface area contributed by atoms with E-state index in [4.69, 9.17) is 0 Å². The van der Waals surface area contributed by atoms with Crippen molar-refractivity contribution in [1.82, 2.24) is 9.38 Å². The van der Waals surface area contributed by atoms with Gasteiger partial charge in [-0.25, -0.2) is 9.37 Å². The molecule has 3 nitrogen and oxygen atoms in total. The summed E-state index contributed by atoms with van der Waals surface area (Å²) in [4.78, 5) is 15.4. The SMILES string of the molecule is O=Cc1c(-c2ccc(F)cc2)nc2ccc(C(F)(F)F)cn12. The summed E-state index contributed by atoms with van der Waals surface area (Å²) in [6, 6.07) is 7.28. The number of nitrogens with zero attached hydrogens (tertiary/aromatic N) is 2. The smallest absolute Gasteiger partial charge is 0.296 e. The molecule has 0 saturated carbocycles. The van der Waals surface area contributed by atoms with Gasteiger partial charge in [0, 0.05) is 11.8 Å². The van der Waals surface area contributed by atoms with Crippen molar-refractivity contribution >= 4 is 11.9 Å². The third kappa shape index (κ3) is 2.34. The van der Waals surface area contributed by atoms with E-state index >= 15 is 0 Å². The topological polar surface area (TPSA) is 34.4 Å².